The van der Waals surface area contributed by atoms with Gasteiger partial charge >= 0.3 is 5.97 Å². The fourth-order valence-electron chi connectivity index (χ4n) is 1.79. The van der Waals surface area contributed by atoms with Crippen molar-refractivity contribution in [3.05, 3.63) is 22.8 Å². The molecule has 0 radical (unpaired) electrons. The molecule has 0 amide bonds. The minimum Gasteiger partial charge on any atom is -0.469 e. The fourth-order valence-corrected chi connectivity index (χ4v) is 1.79. The highest BCUT2D eigenvalue weighted by molar-refractivity contribution is 5.74. The second-order valence-corrected chi connectivity index (χ2v) is 4.39. The second-order valence-electron chi connectivity index (χ2n) is 4.39. The Morgan fingerprint density at radius 1 is 1.43 bits per heavy atom. The van der Waals surface area contributed by atoms with Crippen molar-refractivity contribution in [3.8, 4) is 0 Å². The number of rotatable bonds is 2. The van der Waals surface area contributed by atoms with Crippen molar-refractivity contribution < 1.29 is 9.53 Å². The van der Waals surface area contributed by atoms with Gasteiger partial charge in [-0.25, -0.2) is 0 Å². The van der Waals surface area contributed by atoms with Gasteiger partial charge in [-0.05, 0) is 25.0 Å². The minimum absolute atomic E-state index is 0.0907. The molecule has 0 aliphatic heterocycles. The zero-order valence-electron chi connectivity index (χ0n) is 9.60. The largest absolute Gasteiger partial charge is 0.469 e. The highest BCUT2D eigenvalue weighted by Crippen LogP contribution is 2.41. The summed E-state index contributed by atoms with van der Waals surface area (Å²) in [6.07, 6.45) is 2.55. The summed E-state index contributed by atoms with van der Waals surface area (Å²) in [4.78, 5) is 11.1. The van der Waals surface area contributed by atoms with Crippen LogP contribution in [0.1, 0.15) is 34.1 Å². The standard InChI is InChI=1S/C12H18O2/c1-8-9(2)12(3,4)7-10(8)6-11(13)14-5/h7H,6H2,1-5H3. The van der Waals surface area contributed by atoms with E-state index in [1.807, 2.05) is 0 Å². The summed E-state index contributed by atoms with van der Waals surface area (Å²) in [6, 6.07) is 0. The van der Waals surface area contributed by atoms with E-state index < -0.39 is 0 Å². The second kappa shape index (κ2) is 3.60. The molecule has 0 aromatic carbocycles. The molecule has 0 unspecified atom stereocenters. The first-order chi connectivity index (χ1) is 6.38. The Balaban J connectivity index is 2.89. The number of allylic oxidation sites excluding steroid dienone is 3. The Hall–Kier alpha value is -1.05. The van der Waals surface area contributed by atoms with Gasteiger partial charge in [-0.1, -0.05) is 25.5 Å². The molecule has 0 N–H and O–H groups in total. The third-order valence-corrected chi connectivity index (χ3v) is 3.11. The molecule has 0 spiro atoms. The van der Waals surface area contributed by atoms with Gasteiger partial charge in [-0.3, -0.25) is 4.79 Å². The van der Waals surface area contributed by atoms with E-state index in [0.717, 1.165) is 5.57 Å². The van der Waals surface area contributed by atoms with Gasteiger partial charge in [0, 0.05) is 5.41 Å². The Kier molecular flexibility index (Phi) is 2.84. The molecule has 0 aromatic heterocycles. The van der Waals surface area contributed by atoms with Crippen LogP contribution in [0.15, 0.2) is 22.8 Å². The first-order valence-corrected chi connectivity index (χ1v) is 4.85. The molecule has 0 heterocycles. The predicted molar refractivity (Wildman–Crippen MR) is 56.9 cm³/mol. The summed E-state index contributed by atoms with van der Waals surface area (Å²) in [5.74, 6) is -0.166. The third-order valence-electron chi connectivity index (χ3n) is 3.11. The lowest BCUT2D eigenvalue weighted by molar-refractivity contribution is -0.139. The topological polar surface area (TPSA) is 26.3 Å². The summed E-state index contributed by atoms with van der Waals surface area (Å²) < 4.78 is 4.66. The molecule has 0 bridgehead atoms. The molecule has 0 saturated carbocycles. The Morgan fingerprint density at radius 3 is 2.36 bits per heavy atom. The minimum atomic E-state index is -0.166. The Morgan fingerprint density at radius 2 is 2.00 bits per heavy atom. The van der Waals surface area contributed by atoms with Crippen LogP contribution in [0.4, 0.5) is 0 Å². The van der Waals surface area contributed by atoms with Crippen molar-refractivity contribution in [1.29, 1.82) is 0 Å². The maximum absolute atomic E-state index is 11.1. The number of hydrogen-bond donors (Lipinski definition) is 0. The van der Waals surface area contributed by atoms with Crippen molar-refractivity contribution in [2.24, 2.45) is 5.41 Å². The molecule has 14 heavy (non-hydrogen) atoms. The lowest BCUT2D eigenvalue weighted by Crippen LogP contribution is -2.05. The van der Waals surface area contributed by atoms with Gasteiger partial charge in [-0.2, -0.15) is 0 Å². The molecule has 0 fully saturated rings. The van der Waals surface area contributed by atoms with E-state index in [9.17, 15) is 4.79 Å². The van der Waals surface area contributed by atoms with Crippen LogP contribution in [0, 0.1) is 5.41 Å². The van der Waals surface area contributed by atoms with Crippen LogP contribution in [-0.2, 0) is 9.53 Å². The van der Waals surface area contributed by atoms with Crippen LogP contribution in [0.25, 0.3) is 0 Å². The van der Waals surface area contributed by atoms with Crippen molar-refractivity contribution in [3.63, 3.8) is 0 Å². The SMILES string of the molecule is COC(=O)CC1=CC(C)(C)C(C)=C1C. The van der Waals surface area contributed by atoms with Crippen LogP contribution in [0.5, 0.6) is 0 Å². The maximum Gasteiger partial charge on any atom is 0.309 e. The third kappa shape index (κ3) is 1.89. The van der Waals surface area contributed by atoms with Gasteiger partial charge < -0.3 is 4.74 Å². The Bertz CT molecular complexity index is 319. The van der Waals surface area contributed by atoms with E-state index in [1.54, 1.807) is 0 Å². The Labute approximate surface area is 85.6 Å². The van der Waals surface area contributed by atoms with E-state index in [1.165, 1.54) is 18.3 Å². The molecular weight excluding hydrogens is 176 g/mol. The molecule has 78 valence electrons. The van der Waals surface area contributed by atoms with Crippen LogP contribution in [-0.4, -0.2) is 13.1 Å². The number of methoxy groups -OCH3 is 1. The van der Waals surface area contributed by atoms with E-state index >= 15 is 0 Å². The number of hydrogen-bond acceptors (Lipinski definition) is 2. The molecule has 0 atom stereocenters. The summed E-state index contributed by atoms with van der Waals surface area (Å²) in [5, 5.41) is 0. The quantitative estimate of drug-likeness (QED) is 0.632. The van der Waals surface area contributed by atoms with Crippen molar-refractivity contribution in [1.82, 2.24) is 0 Å². The van der Waals surface area contributed by atoms with Crippen molar-refractivity contribution in [2.75, 3.05) is 7.11 Å². The number of ether oxygens (including phenoxy) is 1. The first kappa shape index (κ1) is 11.0. The smallest absolute Gasteiger partial charge is 0.309 e. The zero-order valence-corrected chi connectivity index (χ0v) is 9.60. The zero-order chi connectivity index (χ0) is 10.9. The van der Waals surface area contributed by atoms with Crippen LogP contribution in [0.2, 0.25) is 0 Å². The highest BCUT2D eigenvalue weighted by Gasteiger charge is 2.28. The summed E-state index contributed by atoms with van der Waals surface area (Å²) in [5.41, 5.74) is 3.78. The monoisotopic (exact) mass is 194 g/mol. The van der Waals surface area contributed by atoms with Gasteiger partial charge in [0.2, 0.25) is 0 Å². The fraction of sp³-hybridized carbons (Fsp3) is 0.583. The molecular formula is C12H18O2. The molecule has 2 heteroatoms. The predicted octanol–water partition coefficient (Wildman–Crippen LogP) is 2.85. The van der Waals surface area contributed by atoms with Crippen LogP contribution in [0.3, 0.4) is 0 Å². The van der Waals surface area contributed by atoms with Gasteiger partial charge in [0.05, 0.1) is 13.5 Å². The average molecular weight is 194 g/mol. The molecule has 1 aliphatic carbocycles. The van der Waals surface area contributed by atoms with Gasteiger partial charge in [-0.15, -0.1) is 0 Å². The van der Waals surface area contributed by atoms with Crippen LogP contribution >= 0.6 is 0 Å². The van der Waals surface area contributed by atoms with Gasteiger partial charge in [0.1, 0.15) is 0 Å². The molecule has 1 rings (SSSR count). The van der Waals surface area contributed by atoms with Crippen molar-refractivity contribution >= 4 is 5.97 Å². The molecule has 0 aromatic rings. The normalized spacial score (nSPS) is 19.6. The number of esters is 1. The van der Waals surface area contributed by atoms with Crippen molar-refractivity contribution in [2.45, 2.75) is 34.1 Å². The summed E-state index contributed by atoms with van der Waals surface area (Å²) >= 11 is 0. The lowest BCUT2D eigenvalue weighted by atomic mass is 9.88. The summed E-state index contributed by atoms with van der Waals surface area (Å²) in [7, 11) is 1.43. The van der Waals surface area contributed by atoms with E-state index in [2.05, 4.69) is 38.5 Å². The number of carbonyl (C=O) groups is 1. The summed E-state index contributed by atoms with van der Waals surface area (Å²) in [6.45, 7) is 8.52. The number of carbonyl (C=O) groups excluding carboxylic acids is 1. The lowest BCUT2D eigenvalue weighted by Gasteiger charge is -2.17. The molecule has 2 nitrogen and oxygen atoms in total. The molecule has 1 aliphatic rings. The van der Waals surface area contributed by atoms with Crippen LogP contribution < -0.4 is 0 Å². The molecule has 0 saturated heterocycles. The van der Waals surface area contributed by atoms with E-state index in [0.29, 0.717) is 6.42 Å². The van der Waals surface area contributed by atoms with Gasteiger partial charge in [0.25, 0.3) is 0 Å². The first-order valence-electron chi connectivity index (χ1n) is 4.85. The maximum atomic E-state index is 11.1. The average Bonchev–Trinajstić information content (AvgIpc) is 2.30. The highest BCUT2D eigenvalue weighted by atomic mass is 16.5. The van der Waals surface area contributed by atoms with E-state index in [-0.39, 0.29) is 11.4 Å². The van der Waals surface area contributed by atoms with E-state index in [4.69, 9.17) is 0 Å². The van der Waals surface area contributed by atoms with Gasteiger partial charge in [0.15, 0.2) is 0 Å².